The molecule has 0 aliphatic carbocycles. The number of anilines is 4. The molecule has 2 amide bonds. The zero-order valence-corrected chi connectivity index (χ0v) is 19.0. The molecule has 1 atom stereocenters. The summed E-state index contributed by atoms with van der Waals surface area (Å²) in [4.78, 5) is 46.9. The molecule has 11 nitrogen and oxygen atoms in total. The van der Waals surface area contributed by atoms with Crippen LogP contribution < -0.4 is 21.7 Å². The van der Waals surface area contributed by atoms with Gasteiger partial charge in [-0.15, -0.1) is 0 Å². The molecule has 1 aliphatic heterocycles. The molecule has 0 saturated carbocycles. The minimum absolute atomic E-state index is 0.0377. The molecular weight excluding hydrogens is 428 g/mol. The number of esters is 1. The fraction of sp³-hybridized carbons (Fsp3) is 0.409. The summed E-state index contributed by atoms with van der Waals surface area (Å²) in [5.74, 6) is -1.07. The zero-order chi connectivity index (χ0) is 24.3. The fourth-order valence-electron chi connectivity index (χ4n) is 3.45. The molecule has 0 radical (unpaired) electrons. The van der Waals surface area contributed by atoms with Gasteiger partial charge in [-0.1, -0.05) is 0 Å². The second kappa shape index (κ2) is 9.31. The van der Waals surface area contributed by atoms with Crippen molar-refractivity contribution in [2.75, 3.05) is 34.8 Å². The predicted molar refractivity (Wildman–Crippen MR) is 123 cm³/mol. The van der Waals surface area contributed by atoms with Crippen LogP contribution in [0.25, 0.3) is 0 Å². The average molecular weight is 457 g/mol. The third kappa shape index (κ3) is 5.48. The second-order valence-corrected chi connectivity index (χ2v) is 8.46. The third-order valence-corrected chi connectivity index (χ3v) is 4.84. The van der Waals surface area contributed by atoms with E-state index in [-0.39, 0.29) is 43.1 Å². The van der Waals surface area contributed by atoms with E-state index in [9.17, 15) is 14.4 Å². The van der Waals surface area contributed by atoms with Crippen molar-refractivity contribution in [2.24, 2.45) is 0 Å². The van der Waals surface area contributed by atoms with Gasteiger partial charge in [0, 0.05) is 17.8 Å². The highest BCUT2D eigenvalue weighted by Gasteiger charge is 2.36. The Morgan fingerprint density at radius 2 is 1.82 bits per heavy atom. The number of ether oxygens (including phenoxy) is 2. The van der Waals surface area contributed by atoms with Crippen LogP contribution in [0.15, 0.2) is 24.3 Å². The molecule has 1 aromatic heterocycles. The Morgan fingerprint density at radius 3 is 2.42 bits per heavy atom. The quantitative estimate of drug-likeness (QED) is 0.554. The Labute approximate surface area is 191 Å². The summed E-state index contributed by atoms with van der Waals surface area (Å²) in [5.41, 5.74) is 12.2. The topological polar surface area (TPSA) is 163 Å². The van der Waals surface area contributed by atoms with Gasteiger partial charge in [-0.25, -0.2) is 9.59 Å². The molecule has 0 fully saturated rings. The summed E-state index contributed by atoms with van der Waals surface area (Å²) < 4.78 is 10.6. The summed E-state index contributed by atoms with van der Waals surface area (Å²) in [6.07, 6.45) is -0.360. The molecule has 0 bridgehead atoms. The molecule has 0 spiro atoms. The maximum Gasteiger partial charge on any atom is 0.414 e. The lowest BCUT2D eigenvalue weighted by Gasteiger charge is -2.28. The first-order chi connectivity index (χ1) is 15.5. The Morgan fingerprint density at radius 1 is 1.15 bits per heavy atom. The van der Waals surface area contributed by atoms with Gasteiger partial charge in [-0.2, -0.15) is 9.97 Å². The van der Waals surface area contributed by atoms with Gasteiger partial charge in [-0.3, -0.25) is 9.69 Å². The highest BCUT2D eigenvalue weighted by molar-refractivity contribution is 6.03. The number of nitrogens with two attached hydrogens (primary N) is 2. The molecule has 176 valence electrons. The van der Waals surface area contributed by atoms with Crippen LogP contribution in [0.3, 0.4) is 0 Å². The lowest BCUT2D eigenvalue weighted by Crippen LogP contribution is -2.38. The maximum atomic E-state index is 13.0. The van der Waals surface area contributed by atoms with Gasteiger partial charge < -0.3 is 26.3 Å². The number of hydrogen-bond acceptors (Lipinski definition) is 9. The van der Waals surface area contributed by atoms with Crippen LogP contribution in [0.1, 0.15) is 56.0 Å². The van der Waals surface area contributed by atoms with Crippen LogP contribution >= 0.6 is 0 Å². The van der Waals surface area contributed by atoms with Crippen molar-refractivity contribution < 1.29 is 23.9 Å². The molecule has 3 rings (SSSR count). The fourth-order valence-corrected chi connectivity index (χ4v) is 3.45. The van der Waals surface area contributed by atoms with Gasteiger partial charge in [0.1, 0.15) is 17.2 Å². The van der Waals surface area contributed by atoms with Gasteiger partial charge in [0.25, 0.3) is 0 Å². The van der Waals surface area contributed by atoms with Crippen molar-refractivity contribution in [1.82, 2.24) is 9.97 Å². The smallest absolute Gasteiger partial charge is 0.414 e. The van der Waals surface area contributed by atoms with Crippen molar-refractivity contribution in [3.63, 3.8) is 0 Å². The molecule has 0 saturated heterocycles. The maximum absolute atomic E-state index is 13.0. The zero-order valence-electron chi connectivity index (χ0n) is 19.0. The van der Waals surface area contributed by atoms with E-state index in [4.69, 9.17) is 20.9 Å². The van der Waals surface area contributed by atoms with Gasteiger partial charge in [-0.05, 0) is 58.4 Å². The number of benzene rings is 1. The summed E-state index contributed by atoms with van der Waals surface area (Å²) >= 11 is 0. The van der Waals surface area contributed by atoms with Gasteiger partial charge in [0.05, 0.1) is 18.1 Å². The van der Waals surface area contributed by atoms with Crippen molar-refractivity contribution in [3.05, 3.63) is 35.4 Å². The first-order valence-electron chi connectivity index (χ1n) is 10.5. The number of aromatic nitrogens is 2. The van der Waals surface area contributed by atoms with E-state index < -0.39 is 23.6 Å². The lowest BCUT2D eigenvalue weighted by molar-refractivity contribution is -0.117. The molecular formula is C22H28N6O5. The Hall–Kier alpha value is -3.89. The normalized spacial score (nSPS) is 14.9. The first kappa shape index (κ1) is 23.8. The van der Waals surface area contributed by atoms with Crippen LogP contribution in [-0.4, -0.2) is 46.7 Å². The second-order valence-electron chi connectivity index (χ2n) is 8.46. The van der Waals surface area contributed by atoms with Crippen molar-refractivity contribution in [1.29, 1.82) is 0 Å². The minimum Gasteiger partial charge on any atom is -0.462 e. The van der Waals surface area contributed by atoms with E-state index >= 15 is 0 Å². The minimum atomic E-state index is -0.729. The average Bonchev–Trinajstić information content (AvgIpc) is 3.02. The van der Waals surface area contributed by atoms with E-state index in [1.165, 1.54) is 4.90 Å². The van der Waals surface area contributed by atoms with Crippen LogP contribution in [0.4, 0.5) is 28.1 Å². The van der Waals surface area contributed by atoms with Gasteiger partial charge in [0.2, 0.25) is 11.9 Å². The number of rotatable bonds is 6. The highest BCUT2D eigenvalue weighted by atomic mass is 16.6. The Balaban J connectivity index is 1.85. The molecule has 1 aromatic carbocycles. The molecule has 1 aliphatic rings. The molecule has 5 N–H and O–H groups in total. The number of amides is 2. The number of fused-ring (bicyclic) bond motifs is 1. The summed E-state index contributed by atoms with van der Waals surface area (Å²) in [6.45, 7) is 7.39. The van der Waals surface area contributed by atoms with Crippen LogP contribution in [-0.2, 0) is 14.3 Å². The van der Waals surface area contributed by atoms with Crippen molar-refractivity contribution in [3.8, 4) is 0 Å². The summed E-state index contributed by atoms with van der Waals surface area (Å²) in [5, 5.41) is 2.66. The molecule has 2 heterocycles. The van der Waals surface area contributed by atoms with E-state index in [0.717, 1.165) is 0 Å². The highest BCUT2D eigenvalue weighted by Crippen LogP contribution is 2.37. The molecule has 11 heteroatoms. The van der Waals surface area contributed by atoms with E-state index in [0.29, 0.717) is 16.8 Å². The van der Waals surface area contributed by atoms with Gasteiger partial charge >= 0.3 is 12.1 Å². The number of hydrogen-bond donors (Lipinski definition) is 3. The summed E-state index contributed by atoms with van der Waals surface area (Å²) in [6, 6.07) is 6.38. The number of nitrogen functional groups attached to an aromatic ring is 2. The number of nitrogens with zero attached hydrogens (tertiary/aromatic N) is 3. The standard InChI is InChI=1S/C22H28N6O5/c1-5-32-19(30)12-6-8-13(9-7-12)28(21(31)33-22(2,3)4)11-10-14-15-16(23)25-20(24)27-17(15)26-18(14)29/h6-9,14H,5,10-11H2,1-4H3,(H5,23,24,25,26,27,29). The Bertz CT molecular complexity index is 1060. The van der Waals surface area contributed by atoms with E-state index in [2.05, 4.69) is 15.3 Å². The summed E-state index contributed by atoms with van der Waals surface area (Å²) in [7, 11) is 0. The number of carbonyl (C=O) groups excluding carboxylic acids is 3. The van der Waals surface area contributed by atoms with Crippen molar-refractivity contribution >= 4 is 41.2 Å². The van der Waals surface area contributed by atoms with Crippen LogP contribution in [0.2, 0.25) is 0 Å². The third-order valence-electron chi connectivity index (χ3n) is 4.84. The van der Waals surface area contributed by atoms with E-state index in [1.54, 1.807) is 52.0 Å². The molecule has 2 aromatic rings. The number of nitrogens with one attached hydrogen (secondary N) is 1. The van der Waals surface area contributed by atoms with Crippen molar-refractivity contribution in [2.45, 2.75) is 45.6 Å². The monoisotopic (exact) mass is 456 g/mol. The largest absolute Gasteiger partial charge is 0.462 e. The predicted octanol–water partition coefficient (Wildman–Crippen LogP) is 2.69. The Kier molecular flexibility index (Phi) is 6.70. The van der Waals surface area contributed by atoms with Crippen LogP contribution in [0, 0.1) is 0 Å². The lowest BCUT2D eigenvalue weighted by atomic mass is 9.98. The molecule has 1 unspecified atom stereocenters. The molecule has 33 heavy (non-hydrogen) atoms. The number of carbonyl (C=O) groups is 3. The first-order valence-corrected chi connectivity index (χ1v) is 10.5. The van der Waals surface area contributed by atoms with Crippen LogP contribution in [0.5, 0.6) is 0 Å². The van der Waals surface area contributed by atoms with E-state index in [1.807, 2.05) is 0 Å². The SMILES string of the molecule is CCOC(=O)c1ccc(N(CCC2C(=O)Nc3nc(N)nc(N)c32)C(=O)OC(C)(C)C)cc1. The van der Waals surface area contributed by atoms with Gasteiger partial charge in [0.15, 0.2) is 0 Å².